The highest BCUT2D eigenvalue weighted by molar-refractivity contribution is 6.10. The van der Waals surface area contributed by atoms with Crippen LogP contribution < -0.4 is 0 Å². The quantitative estimate of drug-likeness (QED) is 0.181. The van der Waals surface area contributed by atoms with Crippen molar-refractivity contribution in [2.24, 2.45) is 0 Å². The average Bonchev–Trinajstić information content (AvgIpc) is 3.92. The summed E-state index contributed by atoms with van der Waals surface area (Å²) in [5.41, 5.74) is 11.9. The fourth-order valence-electron chi connectivity index (χ4n) is 7.51. The second-order valence-corrected chi connectivity index (χ2v) is 13.3. The zero-order chi connectivity index (χ0) is 34.9. The van der Waals surface area contributed by atoms with Crippen molar-refractivity contribution >= 4 is 54.8 Å². The van der Waals surface area contributed by atoms with E-state index in [1.54, 1.807) is 0 Å². The lowest BCUT2D eigenvalue weighted by atomic mass is 10.0. The molecule has 0 unspecified atom stereocenters. The third kappa shape index (κ3) is 4.84. The number of nitrogens with zero attached hydrogens (tertiary/aromatic N) is 4. The number of oxazole rings is 1. The summed E-state index contributed by atoms with van der Waals surface area (Å²) in [6.45, 7) is 0. The van der Waals surface area contributed by atoms with E-state index in [4.69, 9.17) is 23.8 Å². The maximum absolute atomic E-state index is 6.28. The van der Waals surface area contributed by atoms with Crippen molar-refractivity contribution in [2.75, 3.05) is 0 Å². The number of para-hydroxylation sites is 3. The monoisotopic (exact) mass is 680 g/mol. The topological polar surface area (TPSA) is 69.9 Å². The molecule has 0 saturated carbocycles. The lowest BCUT2D eigenvalue weighted by Crippen LogP contribution is -1.97. The minimum absolute atomic E-state index is 0.579. The van der Waals surface area contributed by atoms with Crippen LogP contribution in [0, 0.1) is 0 Å². The number of benzene rings is 7. The van der Waals surface area contributed by atoms with Gasteiger partial charge in [0.15, 0.2) is 11.4 Å². The summed E-state index contributed by atoms with van der Waals surface area (Å²) in [6.07, 6.45) is 0. The molecule has 4 heterocycles. The van der Waals surface area contributed by atoms with E-state index in [2.05, 4.69) is 102 Å². The van der Waals surface area contributed by atoms with Gasteiger partial charge in [-0.25, -0.2) is 15.0 Å². The van der Waals surface area contributed by atoms with E-state index >= 15 is 0 Å². The Balaban J connectivity index is 1.12. The lowest BCUT2D eigenvalue weighted by molar-refractivity contribution is 0.620. The van der Waals surface area contributed by atoms with Crippen LogP contribution in [0.5, 0.6) is 0 Å². The highest BCUT2D eigenvalue weighted by Crippen LogP contribution is 2.37. The van der Waals surface area contributed by atoms with Crippen molar-refractivity contribution in [1.29, 1.82) is 0 Å². The van der Waals surface area contributed by atoms with Crippen LogP contribution in [0.15, 0.2) is 179 Å². The molecule has 0 aliphatic carbocycles. The van der Waals surface area contributed by atoms with E-state index in [1.165, 1.54) is 10.8 Å². The van der Waals surface area contributed by atoms with Crippen molar-refractivity contribution in [3.63, 3.8) is 0 Å². The molecule has 6 nitrogen and oxygen atoms in total. The van der Waals surface area contributed by atoms with Crippen LogP contribution in [0.4, 0.5) is 0 Å². The standard InChI is InChI=1S/C47H28N4O2/c1-3-11-29(12-4-1)47-50-38-23-20-32(27-45(38)53-47)46-48-39(30-21-24-44-37(25-30)36-16-8-10-18-43(36)52-44)28-40(49-46)31-19-22-35-34-15-7-9-17-41(34)51(42(35)26-31)33-13-5-2-6-14-33/h1-28H. The molecule has 11 aromatic rings. The molecule has 0 fully saturated rings. The highest BCUT2D eigenvalue weighted by atomic mass is 16.3. The molecule has 4 aromatic heterocycles. The number of fused-ring (bicyclic) bond motifs is 7. The van der Waals surface area contributed by atoms with Gasteiger partial charge in [-0.2, -0.15) is 0 Å². The summed E-state index contributed by atoms with van der Waals surface area (Å²) in [5.74, 6) is 1.17. The largest absolute Gasteiger partial charge is 0.456 e. The first-order valence-electron chi connectivity index (χ1n) is 17.6. The summed E-state index contributed by atoms with van der Waals surface area (Å²) in [6, 6.07) is 58.1. The van der Waals surface area contributed by atoms with Crippen LogP contribution in [-0.4, -0.2) is 19.5 Å². The predicted molar refractivity (Wildman–Crippen MR) is 213 cm³/mol. The Kier molecular flexibility index (Phi) is 6.45. The highest BCUT2D eigenvalue weighted by Gasteiger charge is 2.18. The molecular formula is C47H28N4O2. The average molecular weight is 681 g/mol. The molecular weight excluding hydrogens is 653 g/mol. The molecule has 0 aliphatic heterocycles. The van der Waals surface area contributed by atoms with E-state index in [0.717, 1.165) is 77.8 Å². The minimum Gasteiger partial charge on any atom is -0.456 e. The van der Waals surface area contributed by atoms with Gasteiger partial charge < -0.3 is 13.4 Å². The third-order valence-electron chi connectivity index (χ3n) is 10.0. The van der Waals surface area contributed by atoms with Gasteiger partial charge in [-0.05, 0) is 84.9 Å². The van der Waals surface area contributed by atoms with Gasteiger partial charge in [-0.1, -0.05) is 84.9 Å². The molecule has 0 aliphatic rings. The van der Waals surface area contributed by atoms with Gasteiger partial charge in [0.25, 0.3) is 0 Å². The molecule has 0 bridgehead atoms. The van der Waals surface area contributed by atoms with Crippen LogP contribution in [0.2, 0.25) is 0 Å². The lowest BCUT2D eigenvalue weighted by Gasteiger charge is -2.11. The Hall–Kier alpha value is -7.31. The van der Waals surface area contributed by atoms with Gasteiger partial charge in [0.2, 0.25) is 5.89 Å². The molecule has 11 rings (SSSR count). The van der Waals surface area contributed by atoms with Gasteiger partial charge in [0.05, 0.1) is 22.4 Å². The van der Waals surface area contributed by atoms with Crippen molar-refractivity contribution in [3.05, 3.63) is 170 Å². The number of furan rings is 1. The van der Waals surface area contributed by atoms with Crippen LogP contribution >= 0.6 is 0 Å². The fraction of sp³-hybridized carbons (Fsp3) is 0. The number of hydrogen-bond donors (Lipinski definition) is 0. The van der Waals surface area contributed by atoms with Gasteiger partial charge in [0, 0.05) is 49.5 Å². The summed E-state index contributed by atoms with van der Waals surface area (Å²) < 4.78 is 14.8. The molecule has 53 heavy (non-hydrogen) atoms. The van der Waals surface area contributed by atoms with E-state index in [1.807, 2.05) is 72.8 Å². The van der Waals surface area contributed by atoms with E-state index in [-0.39, 0.29) is 0 Å². The number of aromatic nitrogens is 4. The van der Waals surface area contributed by atoms with Gasteiger partial charge in [-0.3, -0.25) is 0 Å². The molecule has 0 spiro atoms. The van der Waals surface area contributed by atoms with Gasteiger partial charge >= 0.3 is 0 Å². The first-order valence-corrected chi connectivity index (χ1v) is 17.6. The molecule has 7 aromatic carbocycles. The third-order valence-corrected chi connectivity index (χ3v) is 10.0. The summed E-state index contributed by atoms with van der Waals surface area (Å²) in [7, 11) is 0. The summed E-state index contributed by atoms with van der Waals surface area (Å²) in [4.78, 5) is 15.2. The number of rotatable bonds is 5. The van der Waals surface area contributed by atoms with Crippen molar-refractivity contribution in [1.82, 2.24) is 19.5 Å². The van der Waals surface area contributed by atoms with Crippen LogP contribution in [0.25, 0.3) is 106 Å². The molecule has 0 N–H and O–H groups in total. The zero-order valence-electron chi connectivity index (χ0n) is 28.3. The SMILES string of the molecule is c1ccc(-c2nc3ccc(-c4nc(-c5ccc6oc7ccccc7c6c5)cc(-c5ccc6c7ccccc7n(-c7ccccc7)c6c5)n4)cc3o2)cc1. The Morgan fingerprint density at radius 1 is 0.377 bits per heavy atom. The zero-order valence-corrected chi connectivity index (χ0v) is 28.3. The molecule has 0 atom stereocenters. The molecule has 6 heteroatoms. The predicted octanol–water partition coefficient (Wildman–Crippen LogP) is 12.3. The molecule has 0 radical (unpaired) electrons. The molecule has 0 saturated heterocycles. The fourth-order valence-corrected chi connectivity index (χ4v) is 7.51. The molecule has 0 amide bonds. The van der Waals surface area contributed by atoms with E-state index in [9.17, 15) is 0 Å². The smallest absolute Gasteiger partial charge is 0.227 e. The number of hydrogen-bond acceptors (Lipinski definition) is 5. The second kappa shape index (κ2) is 11.6. The van der Waals surface area contributed by atoms with Crippen molar-refractivity contribution in [2.45, 2.75) is 0 Å². The minimum atomic E-state index is 0.579. The Bertz CT molecular complexity index is 3180. The van der Waals surface area contributed by atoms with E-state index in [0.29, 0.717) is 17.3 Å². The maximum Gasteiger partial charge on any atom is 0.227 e. The first-order chi connectivity index (χ1) is 26.2. The van der Waals surface area contributed by atoms with Crippen molar-refractivity contribution < 1.29 is 8.83 Å². The Labute approximate surface area is 303 Å². The summed E-state index contributed by atoms with van der Waals surface area (Å²) >= 11 is 0. The van der Waals surface area contributed by atoms with Crippen LogP contribution in [0.3, 0.4) is 0 Å². The van der Waals surface area contributed by atoms with Gasteiger partial charge in [-0.15, -0.1) is 0 Å². The first kappa shape index (κ1) is 29.4. The second-order valence-electron chi connectivity index (χ2n) is 13.3. The van der Waals surface area contributed by atoms with Gasteiger partial charge in [0.1, 0.15) is 16.7 Å². The van der Waals surface area contributed by atoms with E-state index < -0.39 is 0 Å². The maximum atomic E-state index is 6.28. The van der Waals surface area contributed by atoms with Crippen LogP contribution in [-0.2, 0) is 0 Å². The normalized spacial score (nSPS) is 11.8. The van der Waals surface area contributed by atoms with Crippen molar-refractivity contribution in [3.8, 4) is 51.0 Å². The molecule has 248 valence electrons. The van der Waals surface area contributed by atoms with Crippen LogP contribution in [0.1, 0.15) is 0 Å². The summed E-state index contributed by atoms with van der Waals surface area (Å²) in [5, 5.41) is 4.51. The Morgan fingerprint density at radius 3 is 1.89 bits per heavy atom. The Morgan fingerprint density at radius 2 is 1.04 bits per heavy atom.